The number of hydrogen-bond acceptors (Lipinski definition) is 8. The number of azo groups is 1. The first-order valence-corrected chi connectivity index (χ1v) is 12.0. The molecule has 0 spiro atoms. The van der Waals surface area contributed by atoms with E-state index in [1.165, 1.54) is 18.2 Å². The van der Waals surface area contributed by atoms with Crippen LogP contribution in [-0.2, 0) is 10.1 Å². The molecule has 9 nitrogen and oxygen atoms in total. The maximum Gasteiger partial charge on any atom is 1.00 e. The molecule has 0 aliphatic carbocycles. The Kier molecular flexibility index (Phi) is 8.73. The van der Waals surface area contributed by atoms with Crippen molar-refractivity contribution in [3.63, 3.8) is 0 Å². The smallest absolute Gasteiger partial charge is 0.871 e. The first-order chi connectivity index (χ1) is 16.6. The fraction of sp³-hybridized carbons (Fsp3) is 0.0435. The first-order valence-electron chi connectivity index (χ1n) is 9.83. The van der Waals surface area contributed by atoms with Crippen LogP contribution in [0.5, 0.6) is 17.2 Å². The summed E-state index contributed by atoms with van der Waals surface area (Å²) in [7, 11) is -3.31. The van der Waals surface area contributed by atoms with Gasteiger partial charge in [-0.25, -0.2) is 0 Å². The number of rotatable bonds is 6. The maximum absolute atomic E-state index is 13.1. The third-order valence-electron chi connectivity index (χ3n) is 4.95. The van der Waals surface area contributed by atoms with Gasteiger partial charge in [0.05, 0.1) is 17.8 Å². The fourth-order valence-corrected chi connectivity index (χ4v) is 4.42. The molecule has 36 heavy (non-hydrogen) atoms. The van der Waals surface area contributed by atoms with Crippen LogP contribution in [0.15, 0.2) is 75.8 Å². The average molecular weight is 556 g/mol. The molecule has 0 aliphatic heterocycles. The molecule has 4 aromatic rings. The third kappa shape index (κ3) is 6.04. The predicted molar refractivity (Wildman–Crippen MR) is 132 cm³/mol. The monoisotopic (exact) mass is 555 g/mol. The van der Waals surface area contributed by atoms with Crippen LogP contribution in [-0.4, -0.2) is 25.2 Å². The van der Waals surface area contributed by atoms with Crippen molar-refractivity contribution in [1.82, 2.24) is 0 Å². The minimum Gasteiger partial charge on any atom is -0.871 e. The molecule has 180 valence electrons. The summed E-state index contributed by atoms with van der Waals surface area (Å²) in [6, 6.07) is 15.4. The van der Waals surface area contributed by atoms with Crippen LogP contribution in [0.3, 0.4) is 0 Å². The number of phenolic OH excluding ortho intramolecular Hbond substituents is 1. The molecule has 0 saturated heterocycles. The molecule has 0 saturated carbocycles. The molecule has 3 N–H and O–H groups in total. The minimum absolute atomic E-state index is 0. The summed E-state index contributed by atoms with van der Waals surface area (Å²) in [4.78, 5) is -0.743. The molecular formula is C23H16Cl2N3NaO6S. The zero-order valence-corrected chi connectivity index (χ0v) is 23.2. The van der Waals surface area contributed by atoms with Gasteiger partial charge in [-0.3, -0.25) is 4.55 Å². The van der Waals surface area contributed by atoms with Gasteiger partial charge in [0, 0.05) is 16.4 Å². The Morgan fingerprint density at radius 1 is 0.972 bits per heavy atom. The number of halogens is 2. The van der Waals surface area contributed by atoms with Crippen molar-refractivity contribution >= 4 is 66.8 Å². The van der Waals surface area contributed by atoms with Crippen LogP contribution in [0.2, 0.25) is 10.0 Å². The Labute approximate surface area is 238 Å². The zero-order valence-electron chi connectivity index (χ0n) is 18.9. The van der Waals surface area contributed by atoms with Crippen molar-refractivity contribution in [1.29, 1.82) is 0 Å². The largest absolute Gasteiger partial charge is 1.00 e. The molecule has 0 heterocycles. The van der Waals surface area contributed by atoms with Gasteiger partial charge in [0.15, 0.2) is 5.75 Å². The van der Waals surface area contributed by atoms with Gasteiger partial charge in [-0.15, -0.1) is 10.2 Å². The number of nitrogens with zero attached hydrogens (tertiary/aromatic N) is 2. The summed E-state index contributed by atoms with van der Waals surface area (Å²) in [5.41, 5.74) is 0.470. The second-order valence-corrected chi connectivity index (χ2v) is 9.51. The number of anilines is 2. The molecule has 0 radical (unpaired) electrons. The van der Waals surface area contributed by atoms with E-state index in [2.05, 4.69) is 15.5 Å². The number of ether oxygens (including phenoxy) is 1. The van der Waals surface area contributed by atoms with Gasteiger partial charge in [0.25, 0.3) is 10.1 Å². The van der Waals surface area contributed by atoms with Crippen LogP contribution in [0.1, 0.15) is 0 Å². The number of benzene rings is 4. The molecule has 0 aliphatic rings. The molecular weight excluding hydrogens is 540 g/mol. The van der Waals surface area contributed by atoms with Crippen LogP contribution >= 0.6 is 23.2 Å². The second kappa shape index (κ2) is 11.2. The summed E-state index contributed by atoms with van der Waals surface area (Å²) in [5.74, 6) is -0.573. The van der Waals surface area contributed by atoms with E-state index in [1.807, 2.05) is 0 Å². The number of methoxy groups -OCH3 is 1. The van der Waals surface area contributed by atoms with E-state index in [0.29, 0.717) is 11.4 Å². The summed E-state index contributed by atoms with van der Waals surface area (Å²) < 4.78 is 39.0. The molecule has 0 bridgehead atoms. The molecule has 0 amide bonds. The van der Waals surface area contributed by atoms with Crippen molar-refractivity contribution in [2.24, 2.45) is 10.2 Å². The molecule has 4 rings (SSSR count). The summed E-state index contributed by atoms with van der Waals surface area (Å²) in [5, 5.41) is 34.1. The van der Waals surface area contributed by atoms with Gasteiger partial charge in [-0.05, 0) is 65.4 Å². The van der Waals surface area contributed by atoms with Gasteiger partial charge < -0.3 is 20.3 Å². The molecule has 0 unspecified atom stereocenters. The van der Waals surface area contributed by atoms with E-state index >= 15 is 0 Å². The first kappa shape index (κ1) is 28.0. The summed E-state index contributed by atoms with van der Waals surface area (Å²) in [6.45, 7) is 0. The number of aromatic hydroxyl groups is 1. The Hall–Kier alpha value is -2.57. The number of hydrogen-bond donors (Lipinski definition) is 3. The molecule has 0 aromatic heterocycles. The van der Waals surface area contributed by atoms with Crippen LogP contribution in [0, 0.1) is 0 Å². The Morgan fingerprint density at radius 2 is 1.64 bits per heavy atom. The van der Waals surface area contributed by atoms with E-state index < -0.39 is 32.2 Å². The zero-order chi connectivity index (χ0) is 25.3. The predicted octanol–water partition coefficient (Wildman–Crippen LogP) is 3.34. The van der Waals surface area contributed by atoms with Crippen LogP contribution in [0.25, 0.3) is 10.8 Å². The van der Waals surface area contributed by atoms with Gasteiger partial charge in [-0.1, -0.05) is 35.0 Å². The van der Waals surface area contributed by atoms with E-state index in [-0.39, 0.29) is 56.1 Å². The van der Waals surface area contributed by atoms with E-state index in [0.717, 1.165) is 11.8 Å². The van der Waals surface area contributed by atoms with Crippen molar-refractivity contribution in [2.75, 3.05) is 12.4 Å². The van der Waals surface area contributed by atoms with Crippen LogP contribution < -0.4 is 44.7 Å². The van der Waals surface area contributed by atoms with Crippen molar-refractivity contribution in [2.45, 2.75) is 4.90 Å². The fourth-order valence-electron chi connectivity index (χ4n) is 3.28. The molecule has 0 atom stereocenters. The molecule has 0 fully saturated rings. The second-order valence-electron chi connectivity index (χ2n) is 7.27. The Bertz CT molecular complexity index is 1580. The number of nitrogens with one attached hydrogen (secondary N) is 1. The average Bonchev–Trinajstić information content (AvgIpc) is 2.81. The minimum atomic E-state index is -4.86. The maximum atomic E-state index is 13.1. The summed E-state index contributed by atoms with van der Waals surface area (Å²) >= 11 is 11.8. The van der Waals surface area contributed by atoms with Crippen molar-refractivity contribution in [3.8, 4) is 17.2 Å². The molecule has 4 aromatic carbocycles. The van der Waals surface area contributed by atoms with E-state index in [4.69, 9.17) is 27.9 Å². The topological polar surface area (TPSA) is 144 Å². The quantitative estimate of drug-likeness (QED) is 0.188. The van der Waals surface area contributed by atoms with Gasteiger partial charge in [0.1, 0.15) is 16.3 Å². The summed E-state index contributed by atoms with van der Waals surface area (Å²) in [6.07, 6.45) is 0. The normalized spacial score (nSPS) is 11.4. The Balaban J connectivity index is 0.00000361. The van der Waals surface area contributed by atoms with E-state index in [1.54, 1.807) is 43.5 Å². The van der Waals surface area contributed by atoms with Crippen molar-refractivity contribution in [3.05, 3.63) is 70.7 Å². The standard InChI is InChI=1S/C23H17Cl2N3O6S.Na/c1-34-16-5-2-14(3-6-16)26-15-4-7-17-12(8-15)9-20(35(31,32)33)21(22(17)29)28-27-19-11-13(24)10-18(25)23(19)30;/h2-11,26,29-30H,1H3,(H,31,32,33);/q;+1/p-1. The van der Waals surface area contributed by atoms with E-state index in [9.17, 15) is 23.2 Å². The SMILES string of the molecule is COc1ccc(Nc2ccc3c([O-])c(N=Nc4cc(Cl)cc(Cl)c4O)c(S(=O)(=O)O)cc3c2)cc1.[Na+]. The number of phenols is 1. The third-order valence-corrected chi connectivity index (χ3v) is 6.33. The van der Waals surface area contributed by atoms with Gasteiger partial charge >= 0.3 is 29.6 Å². The molecule has 13 heteroatoms. The Morgan fingerprint density at radius 3 is 2.28 bits per heavy atom. The van der Waals surface area contributed by atoms with Gasteiger partial charge in [0.2, 0.25) is 0 Å². The van der Waals surface area contributed by atoms with Crippen LogP contribution in [0.4, 0.5) is 22.7 Å². The van der Waals surface area contributed by atoms with Crippen molar-refractivity contribution < 1.29 is 57.5 Å². The van der Waals surface area contributed by atoms with Gasteiger partial charge in [-0.2, -0.15) is 8.42 Å². The number of fused-ring (bicyclic) bond motifs is 1.